The Morgan fingerprint density at radius 3 is 2.15 bits per heavy atom. The van der Waals surface area contributed by atoms with Gasteiger partial charge in [-0.05, 0) is 48.4 Å². The monoisotopic (exact) mass is 445 g/mol. The van der Waals surface area contributed by atoms with E-state index in [1.165, 1.54) is 4.90 Å². The van der Waals surface area contributed by atoms with Crippen molar-refractivity contribution in [1.82, 2.24) is 10.0 Å². The van der Waals surface area contributed by atoms with E-state index in [-0.39, 0.29) is 17.9 Å². The Hall–Kier alpha value is -1.73. The highest BCUT2D eigenvalue weighted by molar-refractivity contribution is 9.10. The van der Waals surface area contributed by atoms with Gasteiger partial charge >= 0.3 is 0 Å². The van der Waals surface area contributed by atoms with E-state index in [1.54, 1.807) is 12.1 Å². The van der Waals surface area contributed by atoms with Crippen molar-refractivity contribution in [1.29, 1.82) is 0 Å². The maximum absolute atomic E-state index is 13.4. The number of imide groups is 1. The number of nitrogens with zero attached hydrogens (tertiary/aromatic N) is 3. The third kappa shape index (κ3) is 2.58. The number of hydrogen-bond donors (Lipinski definition) is 0. The minimum Gasteiger partial charge on any atom is -0.274 e. The molecule has 0 bridgehead atoms. The fourth-order valence-electron chi connectivity index (χ4n) is 4.62. The van der Waals surface area contributed by atoms with E-state index in [4.69, 9.17) is 11.6 Å². The molecule has 0 aromatic heterocycles. The lowest BCUT2D eigenvalue weighted by Crippen LogP contribution is -2.44. The minimum atomic E-state index is -0.427. The van der Waals surface area contributed by atoms with E-state index < -0.39 is 12.0 Å². The highest BCUT2D eigenvalue weighted by atomic mass is 79.9. The lowest BCUT2D eigenvalue weighted by atomic mass is 9.90. The van der Waals surface area contributed by atoms with Crippen molar-refractivity contribution in [2.45, 2.75) is 18.5 Å². The zero-order chi connectivity index (χ0) is 18.7. The van der Waals surface area contributed by atoms with E-state index >= 15 is 0 Å². The Morgan fingerprint density at radius 1 is 0.852 bits per heavy atom. The van der Waals surface area contributed by atoms with Gasteiger partial charge < -0.3 is 0 Å². The van der Waals surface area contributed by atoms with Crippen LogP contribution < -0.4 is 4.90 Å². The van der Waals surface area contributed by atoms with Crippen molar-refractivity contribution in [3.8, 4) is 0 Å². The van der Waals surface area contributed by atoms with Crippen LogP contribution in [0, 0.1) is 5.92 Å². The van der Waals surface area contributed by atoms with Crippen LogP contribution in [-0.4, -0.2) is 41.0 Å². The second kappa shape index (κ2) is 6.41. The normalized spacial score (nSPS) is 28.1. The number of amides is 2. The molecule has 0 aliphatic carbocycles. The fraction of sp³-hybridized carbons (Fsp3) is 0.300. The maximum Gasteiger partial charge on any atom is 0.253 e. The summed E-state index contributed by atoms with van der Waals surface area (Å²) in [6.07, 6.45) is 0.993. The molecule has 0 saturated carbocycles. The number of rotatable bonds is 2. The number of carbonyl (C=O) groups is 2. The van der Waals surface area contributed by atoms with Crippen LogP contribution in [0.4, 0.5) is 5.69 Å². The van der Waals surface area contributed by atoms with Crippen LogP contribution in [0.1, 0.15) is 18.0 Å². The number of halogens is 2. The summed E-state index contributed by atoms with van der Waals surface area (Å²) in [7, 11) is 0. The Labute approximate surface area is 170 Å². The number of benzene rings is 2. The van der Waals surface area contributed by atoms with Crippen molar-refractivity contribution in [3.05, 3.63) is 63.6 Å². The second-order valence-corrected chi connectivity index (χ2v) is 8.49. The lowest BCUT2D eigenvalue weighted by molar-refractivity contribution is -0.126. The summed E-state index contributed by atoms with van der Waals surface area (Å²) < 4.78 is 0.912. The Bertz CT molecular complexity index is 918. The van der Waals surface area contributed by atoms with Crippen LogP contribution in [0.5, 0.6) is 0 Å². The van der Waals surface area contributed by atoms with Crippen LogP contribution in [0.25, 0.3) is 0 Å². The van der Waals surface area contributed by atoms with Gasteiger partial charge in [0.05, 0.1) is 17.6 Å². The molecule has 2 aromatic carbocycles. The molecule has 3 aliphatic heterocycles. The SMILES string of the molecule is O=C1[C@H]2[C@H](C(=O)N1c1ccc(Br)cc1)N1CCCN1[C@H]2c1ccc(Cl)cc1. The molecule has 3 atom stereocenters. The van der Waals surface area contributed by atoms with Crippen molar-refractivity contribution in [2.24, 2.45) is 5.92 Å². The van der Waals surface area contributed by atoms with Crippen molar-refractivity contribution in [3.63, 3.8) is 0 Å². The summed E-state index contributed by atoms with van der Waals surface area (Å²) in [5, 5.41) is 4.97. The highest BCUT2D eigenvalue weighted by Crippen LogP contribution is 2.49. The first-order valence-corrected chi connectivity index (χ1v) is 10.2. The van der Waals surface area contributed by atoms with E-state index in [1.807, 2.05) is 36.4 Å². The molecule has 5 rings (SSSR count). The molecule has 2 aromatic rings. The fourth-order valence-corrected chi connectivity index (χ4v) is 5.01. The largest absolute Gasteiger partial charge is 0.274 e. The zero-order valence-corrected chi connectivity index (χ0v) is 16.7. The molecular weight excluding hydrogens is 430 g/mol. The number of carbonyl (C=O) groups excluding carboxylic acids is 2. The average molecular weight is 447 g/mol. The summed E-state index contributed by atoms with van der Waals surface area (Å²) in [6, 6.07) is 14.4. The summed E-state index contributed by atoms with van der Waals surface area (Å²) in [5.41, 5.74) is 1.65. The predicted octanol–water partition coefficient (Wildman–Crippen LogP) is 3.64. The smallest absolute Gasteiger partial charge is 0.253 e. The number of hydrogen-bond acceptors (Lipinski definition) is 4. The molecule has 27 heavy (non-hydrogen) atoms. The topological polar surface area (TPSA) is 43.9 Å². The van der Waals surface area contributed by atoms with Gasteiger partial charge in [-0.2, -0.15) is 0 Å². The molecule has 0 radical (unpaired) electrons. The quantitative estimate of drug-likeness (QED) is 0.661. The maximum atomic E-state index is 13.4. The predicted molar refractivity (Wildman–Crippen MR) is 106 cm³/mol. The molecule has 3 aliphatic rings. The van der Waals surface area contributed by atoms with Crippen LogP contribution in [-0.2, 0) is 9.59 Å². The van der Waals surface area contributed by atoms with Crippen LogP contribution in [0.3, 0.4) is 0 Å². The molecule has 3 heterocycles. The molecular formula is C20H17BrClN3O2. The van der Waals surface area contributed by atoms with Gasteiger partial charge in [0.25, 0.3) is 5.91 Å². The molecule has 0 spiro atoms. The van der Waals surface area contributed by atoms with Crippen molar-refractivity contribution in [2.75, 3.05) is 18.0 Å². The van der Waals surface area contributed by atoms with Gasteiger partial charge in [0.15, 0.2) is 0 Å². The third-order valence-electron chi connectivity index (χ3n) is 5.70. The molecule has 5 nitrogen and oxygen atoms in total. The van der Waals surface area contributed by atoms with Crippen LogP contribution >= 0.6 is 27.5 Å². The van der Waals surface area contributed by atoms with E-state index in [0.29, 0.717) is 10.7 Å². The third-order valence-corrected chi connectivity index (χ3v) is 6.48. The van der Waals surface area contributed by atoms with Gasteiger partial charge in [0, 0.05) is 22.6 Å². The Kier molecular flexibility index (Phi) is 4.13. The summed E-state index contributed by atoms with van der Waals surface area (Å²) in [6.45, 7) is 1.66. The van der Waals surface area contributed by atoms with Crippen LogP contribution in [0.2, 0.25) is 5.02 Å². The number of fused-ring (bicyclic) bond motifs is 3. The Balaban J connectivity index is 1.57. The van der Waals surface area contributed by atoms with E-state index in [0.717, 1.165) is 29.5 Å². The average Bonchev–Trinajstić information content (AvgIpc) is 3.30. The van der Waals surface area contributed by atoms with Gasteiger partial charge in [0.2, 0.25) is 5.91 Å². The molecule has 2 amide bonds. The molecule has 0 unspecified atom stereocenters. The zero-order valence-electron chi connectivity index (χ0n) is 14.4. The molecule has 138 valence electrons. The second-order valence-electron chi connectivity index (χ2n) is 7.14. The molecule has 3 fully saturated rings. The first kappa shape index (κ1) is 17.4. The first-order chi connectivity index (χ1) is 13.1. The van der Waals surface area contributed by atoms with Gasteiger partial charge in [-0.1, -0.05) is 39.7 Å². The number of hydrazine groups is 1. The molecule has 7 heteroatoms. The number of anilines is 1. The summed E-state index contributed by atoms with van der Waals surface area (Å²) >= 11 is 9.45. The lowest BCUT2D eigenvalue weighted by Gasteiger charge is -2.29. The highest BCUT2D eigenvalue weighted by Gasteiger charge is 2.62. The summed E-state index contributed by atoms with van der Waals surface area (Å²) in [4.78, 5) is 28.0. The molecule has 3 saturated heterocycles. The van der Waals surface area contributed by atoms with Crippen molar-refractivity contribution >= 4 is 45.0 Å². The minimum absolute atomic E-state index is 0.123. The van der Waals surface area contributed by atoms with Gasteiger partial charge in [-0.25, -0.2) is 14.9 Å². The Morgan fingerprint density at radius 2 is 1.48 bits per heavy atom. The van der Waals surface area contributed by atoms with Gasteiger partial charge in [-0.3, -0.25) is 9.59 Å². The first-order valence-electron chi connectivity index (χ1n) is 8.98. The molecule has 0 N–H and O–H groups in total. The summed E-state index contributed by atoms with van der Waals surface area (Å²) in [5.74, 6) is -0.653. The van der Waals surface area contributed by atoms with E-state index in [2.05, 4.69) is 25.9 Å². The standard InChI is InChI=1S/C20H17BrClN3O2/c21-13-4-8-15(9-5-13)25-19(26)16-17(12-2-6-14(22)7-3-12)23-10-1-11-24(23)18(16)20(25)27/h2-9,16-18H,1,10-11H2/t16-,17+,18-/m1/s1. The van der Waals surface area contributed by atoms with E-state index in [9.17, 15) is 9.59 Å². The van der Waals surface area contributed by atoms with Gasteiger partial charge in [-0.15, -0.1) is 0 Å². The van der Waals surface area contributed by atoms with Crippen LogP contribution in [0.15, 0.2) is 53.0 Å². The van der Waals surface area contributed by atoms with Gasteiger partial charge in [0.1, 0.15) is 6.04 Å². The van der Waals surface area contributed by atoms with Crippen molar-refractivity contribution < 1.29 is 9.59 Å².